The maximum Gasteiger partial charge on any atom is 0.100 e. The van der Waals surface area contributed by atoms with Crippen LogP contribution in [0.25, 0.3) is 16.7 Å². The lowest BCUT2D eigenvalue weighted by atomic mass is 10.2. The quantitative estimate of drug-likeness (QED) is 0.728. The number of rotatable bonds is 6. The number of aromatic nitrogens is 2. The van der Waals surface area contributed by atoms with Crippen LogP contribution in [-0.2, 0) is 6.61 Å². The summed E-state index contributed by atoms with van der Waals surface area (Å²) in [5.74, 6) is 0. The van der Waals surface area contributed by atoms with E-state index in [0.29, 0.717) is 0 Å². The Bertz CT molecular complexity index is 879. The van der Waals surface area contributed by atoms with E-state index in [0.717, 1.165) is 48.5 Å². The van der Waals surface area contributed by atoms with Crippen molar-refractivity contribution >= 4 is 16.7 Å². The molecule has 0 aliphatic carbocycles. The van der Waals surface area contributed by atoms with E-state index in [9.17, 15) is 5.11 Å². The minimum Gasteiger partial charge on any atom is -0.392 e. The zero-order valence-corrected chi connectivity index (χ0v) is 16.0. The standard InChI is InChI=1S/C22H28N4O/c1-2-3-10-24-11-13-25(14-12-24)19-5-7-20(8-6-19)26-17-23-21-9-4-18(16-27)15-22(21)26/h4-9,15,17,27H,2-3,10-14,16H2,1H3. The largest absolute Gasteiger partial charge is 0.392 e. The summed E-state index contributed by atoms with van der Waals surface area (Å²) in [4.78, 5) is 9.53. The fraction of sp³-hybridized carbons (Fsp3) is 0.409. The van der Waals surface area contributed by atoms with Crippen molar-refractivity contribution in [1.82, 2.24) is 14.5 Å². The molecule has 1 saturated heterocycles. The van der Waals surface area contributed by atoms with Crippen molar-refractivity contribution in [3.63, 3.8) is 0 Å². The van der Waals surface area contributed by atoms with E-state index < -0.39 is 0 Å². The molecule has 0 spiro atoms. The van der Waals surface area contributed by atoms with Gasteiger partial charge in [0.2, 0.25) is 0 Å². The zero-order chi connectivity index (χ0) is 18.6. The third-order valence-corrected chi connectivity index (χ3v) is 5.49. The van der Waals surface area contributed by atoms with Crippen LogP contribution in [-0.4, -0.2) is 52.3 Å². The number of imidazole rings is 1. The molecule has 0 radical (unpaired) electrons. The van der Waals surface area contributed by atoms with E-state index in [4.69, 9.17) is 0 Å². The van der Waals surface area contributed by atoms with Gasteiger partial charge in [0.25, 0.3) is 0 Å². The van der Waals surface area contributed by atoms with Gasteiger partial charge in [-0.2, -0.15) is 0 Å². The first-order valence-electron chi connectivity index (χ1n) is 9.93. The first-order chi connectivity index (χ1) is 13.3. The number of hydrogen-bond donors (Lipinski definition) is 1. The highest BCUT2D eigenvalue weighted by molar-refractivity contribution is 5.78. The second-order valence-corrected chi connectivity index (χ2v) is 7.29. The van der Waals surface area contributed by atoms with Crippen molar-refractivity contribution in [1.29, 1.82) is 0 Å². The molecule has 2 aromatic carbocycles. The van der Waals surface area contributed by atoms with Gasteiger partial charge in [-0.3, -0.25) is 9.47 Å². The summed E-state index contributed by atoms with van der Waals surface area (Å²) < 4.78 is 2.08. The van der Waals surface area contributed by atoms with Gasteiger partial charge >= 0.3 is 0 Å². The van der Waals surface area contributed by atoms with E-state index >= 15 is 0 Å². The highest BCUT2D eigenvalue weighted by Crippen LogP contribution is 2.23. The summed E-state index contributed by atoms with van der Waals surface area (Å²) in [6, 6.07) is 14.6. The molecule has 1 fully saturated rings. The molecule has 0 unspecified atom stereocenters. The lowest BCUT2D eigenvalue weighted by Gasteiger charge is -2.36. The van der Waals surface area contributed by atoms with E-state index in [2.05, 4.69) is 50.5 Å². The Morgan fingerprint density at radius 3 is 2.41 bits per heavy atom. The average molecular weight is 364 g/mol. The number of aliphatic hydroxyl groups is 1. The third kappa shape index (κ3) is 3.84. The summed E-state index contributed by atoms with van der Waals surface area (Å²) in [6.45, 7) is 8.02. The van der Waals surface area contributed by atoms with E-state index in [-0.39, 0.29) is 6.61 Å². The fourth-order valence-corrected chi connectivity index (χ4v) is 3.79. The molecule has 0 bridgehead atoms. The molecule has 0 amide bonds. The van der Waals surface area contributed by atoms with Crippen LogP contribution in [0.4, 0.5) is 5.69 Å². The van der Waals surface area contributed by atoms with Gasteiger partial charge in [0.1, 0.15) is 6.33 Å². The monoisotopic (exact) mass is 364 g/mol. The molecule has 4 rings (SSSR count). The summed E-state index contributed by atoms with van der Waals surface area (Å²) in [7, 11) is 0. The van der Waals surface area contributed by atoms with E-state index in [1.165, 1.54) is 25.1 Å². The Balaban J connectivity index is 1.48. The number of nitrogens with zero attached hydrogens (tertiary/aromatic N) is 4. The van der Waals surface area contributed by atoms with Gasteiger partial charge in [-0.15, -0.1) is 0 Å². The number of unbranched alkanes of at least 4 members (excludes halogenated alkanes) is 1. The second-order valence-electron chi connectivity index (χ2n) is 7.29. The average Bonchev–Trinajstić information content (AvgIpc) is 3.16. The van der Waals surface area contributed by atoms with Crippen molar-refractivity contribution < 1.29 is 5.11 Å². The molecule has 5 nitrogen and oxygen atoms in total. The second kappa shape index (κ2) is 8.11. The van der Waals surface area contributed by atoms with Crippen molar-refractivity contribution in [2.75, 3.05) is 37.6 Å². The number of aliphatic hydroxyl groups excluding tert-OH is 1. The summed E-state index contributed by atoms with van der Waals surface area (Å²) in [5, 5.41) is 9.40. The molecular formula is C22H28N4O. The molecule has 27 heavy (non-hydrogen) atoms. The predicted octanol–water partition coefficient (Wildman–Crippen LogP) is 3.44. The Morgan fingerprint density at radius 1 is 0.963 bits per heavy atom. The van der Waals surface area contributed by atoms with E-state index in [1.54, 1.807) is 0 Å². The Kier molecular flexibility index (Phi) is 5.41. The fourth-order valence-electron chi connectivity index (χ4n) is 3.79. The minimum absolute atomic E-state index is 0.0459. The van der Waals surface area contributed by atoms with Gasteiger partial charge in [0, 0.05) is 37.6 Å². The van der Waals surface area contributed by atoms with Crippen LogP contribution in [0, 0.1) is 0 Å². The predicted molar refractivity (Wildman–Crippen MR) is 111 cm³/mol. The lowest BCUT2D eigenvalue weighted by Crippen LogP contribution is -2.46. The van der Waals surface area contributed by atoms with Crippen LogP contribution in [0.3, 0.4) is 0 Å². The van der Waals surface area contributed by atoms with E-state index in [1.807, 2.05) is 24.5 Å². The highest BCUT2D eigenvalue weighted by atomic mass is 16.3. The van der Waals surface area contributed by atoms with Crippen LogP contribution in [0.2, 0.25) is 0 Å². The Hall–Kier alpha value is -2.37. The minimum atomic E-state index is 0.0459. The van der Waals surface area contributed by atoms with Crippen molar-refractivity contribution in [2.45, 2.75) is 26.4 Å². The Labute approximate surface area is 160 Å². The van der Waals surface area contributed by atoms with Gasteiger partial charge in [-0.1, -0.05) is 19.4 Å². The maximum atomic E-state index is 9.40. The van der Waals surface area contributed by atoms with Crippen molar-refractivity contribution in [3.05, 3.63) is 54.4 Å². The smallest absolute Gasteiger partial charge is 0.100 e. The summed E-state index contributed by atoms with van der Waals surface area (Å²) >= 11 is 0. The van der Waals surface area contributed by atoms with Crippen LogP contribution in [0.1, 0.15) is 25.3 Å². The summed E-state index contributed by atoms with van der Waals surface area (Å²) in [6.07, 6.45) is 4.42. The first kappa shape index (κ1) is 18.0. The molecular weight excluding hydrogens is 336 g/mol. The van der Waals surface area contributed by atoms with Crippen LogP contribution in [0.15, 0.2) is 48.8 Å². The molecule has 2 heterocycles. The number of benzene rings is 2. The maximum absolute atomic E-state index is 9.40. The van der Waals surface area contributed by atoms with Crippen molar-refractivity contribution in [2.24, 2.45) is 0 Å². The Morgan fingerprint density at radius 2 is 1.70 bits per heavy atom. The molecule has 1 N–H and O–H groups in total. The third-order valence-electron chi connectivity index (χ3n) is 5.49. The van der Waals surface area contributed by atoms with Crippen LogP contribution < -0.4 is 4.90 Å². The highest BCUT2D eigenvalue weighted by Gasteiger charge is 2.16. The van der Waals surface area contributed by atoms with Crippen LogP contribution in [0.5, 0.6) is 0 Å². The first-order valence-corrected chi connectivity index (χ1v) is 9.93. The van der Waals surface area contributed by atoms with Crippen molar-refractivity contribution in [3.8, 4) is 5.69 Å². The zero-order valence-electron chi connectivity index (χ0n) is 16.0. The number of fused-ring (bicyclic) bond motifs is 1. The molecule has 1 aromatic heterocycles. The number of hydrogen-bond acceptors (Lipinski definition) is 4. The lowest BCUT2D eigenvalue weighted by molar-refractivity contribution is 0.254. The number of piperazine rings is 1. The molecule has 1 aliphatic heterocycles. The number of anilines is 1. The molecule has 5 heteroatoms. The molecule has 142 valence electrons. The normalized spacial score (nSPS) is 15.6. The SMILES string of the molecule is CCCCN1CCN(c2ccc(-n3cnc4ccc(CO)cc43)cc2)CC1. The molecule has 3 aromatic rings. The molecule has 1 aliphatic rings. The topological polar surface area (TPSA) is 44.5 Å². The molecule has 0 saturated carbocycles. The van der Waals surface area contributed by atoms with Gasteiger partial charge in [0.15, 0.2) is 0 Å². The van der Waals surface area contributed by atoms with Gasteiger partial charge < -0.3 is 10.0 Å². The summed E-state index contributed by atoms with van der Waals surface area (Å²) in [5.41, 5.74) is 5.26. The van der Waals surface area contributed by atoms with Gasteiger partial charge in [-0.05, 0) is 54.9 Å². The van der Waals surface area contributed by atoms with Gasteiger partial charge in [0.05, 0.1) is 17.6 Å². The van der Waals surface area contributed by atoms with Crippen LogP contribution >= 0.6 is 0 Å². The molecule has 0 atom stereocenters. The van der Waals surface area contributed by atoms with Gasteiger partial charge in [-0.25, -0.2) is 4.98 Å².